The maximum Gasteiger partial charge on any atom is 0.248 e. The fourth-order valence-corrected chi connectivity index (χ4v) is 5.92. The van der Waals surface area contributed by atoms with E-state index in [0.717, 1.165) is 5.76 Å². The monoisotopic (exact) mass is 501 g/mol. The van der Waals surface area contributed by atoms with E-state index in [9.17, 15) is 17.6 Å². The highest BCUT2D eigenvalue weighted by molar-refractivity contribution is 7.89. The standard InChI is InChI=1S/C25H28FN3O5S/c1-17(16-21-7-5-15-33-21)27-25(30)20-11-13-29(14-12-20)35(31,32)24-18(2)28-34-23(24)10-9-19-6-3-4-8-22(19)26/h3-10,15,17,20H,11-14,16H2,1-2H3,(H,27,30). The Labute approximate surface area is 203 Å². The van der Waals surface area contributed by atoms with Gasteiger partial charge in [0.15, 0.2) is 10.7 Å². The molecular formula is C25H28FN3O5S. The van der Waals surface area contributed by atoms with Crippen molar-refractivity contribution in [1.82, 2.24) is 14.8 Å². The number of sulfonamides is 1. The van der Waals surface area contributed by atoms with Crippen LogP contribution in [0.15, 0.2) is 56.5 Å². The van der Waals surface area contributed by atoms with Gasteiger partial charge in [0.05, 0.1) is 6.26 Å². The molecule has 3 aromatic rings. The third kappa shape index (κ3) is 5.71. The van der Waals surface area contributed by atoms with Gasteiger partial charge in [-0.25, -0.2) is 12.8 Å². The van der Waals surface area contributed by atoms with E-state index in [1.165, 1.54) is 22.5 Å². The van der Waals surface area contributed by atoms with Crippen molar-refractivity contribution in [3.8, 4) is 0 Å². The summed E-state index contributed by atoms with van der Waals surface area (Å²) >= 11 is 0. The molecule has 0 spiro atoms. The second kappa shape index (κ2) is 10.6. The number of rotatable bonds is 8. The molecule has 3 heterocycles. The lowest BCUT2D eigenvalue weighted by Crippen LogP contribution is -2.45. The SMILES string of the molecule is Cc1noc(C=Cc2ccccc2F)c1S(=O)(=O)N1CCC(C(=O)NC(C)Cc2ccco2)CC1. The van der Waals surface area contributed by atoms with Gasteiger partial charge in [0.2, 0.25) is 15.9 Å². The minimum Gasteiger partial charge on any atom is -0.469 e. The van der Waals surface area contributed by atoms with Crippen LogP contribution in [0.2, 0.25) is 0 Å². The number of aromatic nitrogens is 1. The van der Waals surface area contributed by atoms with E-state index in [4.69, 9.17) is 8.94 Å². The van der Waals surface area contributed by atoms with Crippen LogP contribution in [-0.2, 0) is 21.2 Å². The van der Waals surface area contributed by atoms with Gasteiger partial charge in [-0.2, -0.15) is 4.31 Å². The number of benzene rings is 1. The van der Waals surface area contributed by atoms with Crippen molar-refractivity contribution in [3.63, 3.8) is 0 Å². The van der Waals surface area contributed by atoms with Gasteiger partial charge in [-0.1, -0.05) is 23.4 Å². The molecule has 186 valence electrons. The van der Waals surface area contributed by atoms with E-state index in [1.54, 1.807) is 37.5 Å². The Bertz CT molecular complexity index is 1290. The van der Waals surface area contributed by atoms with Crippen molar-refractivity contribution in [2.45, 2.75) is 44.0 Å². The molecule has 1 N–H and O–H groups in total. The average Bonchev–Trinajstić information content (AvgIpc) is 3.48. The fourth-order valence-electron chi connectivity index (χ4n) is 4.20. The van der Waals surface area contributed by atoms with E-state index in [2.05, 4.69) is 10.5 Å². The summed E-state index contributed by atoms with van der Waals surface area (Å²) in [5, 5.41) is 6.81. The number of carbonyl (C=O) groups excluding carboxylic acids is 1. The van der Waals surface area contributed by atoms with Crippen LogP contribution in [0.1, 0.15) is 42.5 Å². The Morgan fingerprint density at radius 1 is 1.23 bits per heavy atom. The number of nitrogens with zero attached hydrogens (tertiary/aromatic N) is 2. The zero-order valence-electron chi connectivity index (χ0n) is 19.6. The highest BCUT2D eigenvalue weighted by Gasteiger charge is 2.36. The highest BCUT2D eigenvalue weighted by atomic mass is 32.2. The summed E-state index contributed by atoms with van der Waals surface area (Å²) in [6.07, 6.45) is 5.85. The van der Waals surface area contributed by atoms with Crippen molar-refractivity contribution in [3.05, 3.63) is 71.3 Å². The van der Waals surface area contributed by atoms with E-state index in [0.29, 0.717) is 24.8 Å². The average molecular weight is 502 g/mol. The van der Waals surface area contributed by atoms with Crippen LogP contribution >= 0.6 is 0 Å². The van der Waals surface area contributed by atoms with E-state index >= 15 is 0 Å². The molecule has 1 aliphatic heterocycles. The Balaban J connectivity index is 1.40. The lowest BCUT2D eigenvalue weighted by atomic mass is 9.96. The van der Waals surface area contributed by atoms with Crippen LogP contribution in [0.5, 0.6) is 0 Å². The van der Waals surface area contributed by atoms with Crippen molar-refractivity contribution >= 4 is 28.1 Å². The van der Waals surface area contributed by atoms with Crippen molar-refractivity contribution in [2.24, 2.45) is 5.92 Å². The molecule has 1 atom stereocenters. The fraction of sp³-hybridized carbons (Fsp3) is 0.360. The molecule has 1 aliphatic rings. The van der Waals surface area contributed by atoms with Gasteiger partial charge < -0.3 is 14.3 Å². The van der Waals surface area contributed by atoms with Gasteiger partial charge in [0.1, 0.15) is 17.3 Å². The number of furan rings is 1. The zero-order valence-corrected chi connectivity index (χ0v) is 20.4. The number of amides is 1. The molecule has 10 heteroatoms. The molecule has 1 fully saturated rings. The number of aryl methyl sites for hydroxylation is 1. The van der Waals surface area contributed by atoms with E-state index in [-0.39, 0.29) is 47.3 Å². The van der Waals surface area contributed by atoms with Gasteiger partial charge in [0, 0.05) is 37.0 Å². The van der Waals surface area contributed by atoms with E-state index in [1.807, 2.05) is 13.0 Å². The van der Waals surface area contributed by atoms with Crippen molar-refractivity contribution in [2.75, 3.05) is 13.1 Å². The van der Waals surface area contributed by atoms with Gasteiger partial charge >= 0.3 is 0 Å². The highest BCUT2D eigenvalue weighted by Crippen LogP contribution is 2.29. The first kappa shape index (κ1) is 24.9. The first-order chi connectivity index (χ1) is 16.8. The summed E-state index contributed by atoms with van der Waals surface area (Å²) in [6.45, 7) is 3.87. The molecule has 0 bridgehead atoms. The van der Waals surface area contributed by atoms with Gasteiger partial charge in [0.25, 0.3) is 0 Å². The molecule has 1 unspecified atom stereocenters. The van der Waals surface area contributed by atoms with Crippen LogP contribution in [0, 0.1) is 18.7 Å². The predicted molar refractivity (Wildman–Crippen MR) is 128 cm³/mol. The molecule has 2 aromatic heterocycles. The largest absolute Gasteiger partial charge is 0.469 e. The Kier molecular flexibility index (Phi) is 7.51. The topological polar surface area (TPSA) is 106 Å². The van der Waals surface area contributed by atoms with Crippen LogP contribution < -0.4 is 5.32 Å². The smallest absolute Gasteiger partial charge is 0.248 e. The lowest BCUT2D eigenvalue weighted by molar-refractivity contribution is -0.126. The number of hydrogen-bond acceptors (Lipinski definition) is 6. The molecule has 0 radical (unpaired) electrons. The second-order valence-corrected chi connectivity index (χ2v) is 10.6. The van der Waals surface area contributed by atoms with Crippen LogP contribution in [-0.4, -0.2) is 42.9 Å². The Hall–Kier alpha value is -3.24. The summed E-state index contributed by atoms with van der Waals surface area (Å²) in [6, 6.07) is 9.72. The van der Waals surface area contributed by atoms with E-state index < -0.39 is 15.8 Å². The molecule has 1 aromatic carbocycles. The van der Waals surface area contributed by atoms with Crippen LogP contribution in [0.4, 0.5) is 4.39 Å². The van der Waals surface area contributed by atoms with Gasteiger partial charge in [-0.3, -0.25) is 4.79 Å². The summed E-state index contributed by atoms with van der Waals surface area (Å²) in [5.41, 5.74) is 0.530. The Morgan fingerprint density at radius 2 is 1.97 bits per heavy atom. The minimum atomic E-state index is -3.91. The third-order valence-electron chi connectivity index (χ3n) is 6.05. The number of carbonyl (C=O) groups is 1. The first-order valence-corrected chi connectivity index (χ1v) is 12.9. The minimum absolute atomic E-state index is 0.0392. The number of piperidine rings is 1. The van der Waals surface area contributed by atoms with Crippen LogP contribution in [0.3, 0.4) is 0 Å². The molecule has 0 aliphatic carbocycles. The summed E-state index contributed by atoms with van der Waals surface area (Å²) in [7, 11) is -3.91. The lowest BCUT2D eigenvalue weighted by Gasteiger charge is -2.31. The maximum absolute atomic E-state index is 13.9. The second-order valence-electron chi connectivity index (χ2n) is 8.69. The molecule has 8 nitrogen and oxygen atoms in total. The summed E-state index contributed by atoms with van der Waals surface area (Å²) in [5.74, 6) is 0.0449. The maximum atomic E-state index is 13.9. The molecule has 4 rings (SSSR count). The summed E-state index contributed by atoms with van der Waals surface area (Å²) < 4.78 is 52.7. The normalized spacial score (nSPS) is 16.5. The summed E-state index contributed by atoms with van der Waals surface area (Å²) in [4.78, 5) is 12.7. The Morgan fingerprint density at radius 3 is 2.66 bits per heavy atom. The van der Waals surface area contributed by atoms with Gasteiger partial charge in [-0.15, -0.1) is 0 Å². The first-order valence-electron chi connectivity index (χ1n) is 11.5. The number of halogens is 1. The number of hydrogen-bond donors (Lipinski definition) is 1. The van der Waals surface area contributed by atoms with Crippen molar-refractivity contribution < 1.29 is 26.5 Å². The number of nitrogens with one attached hydrogen (secondary N) is 1. The molecule has 0 saturated carbocycles. The molecular weight excluding hydrogens is 473 g/mol. The quantitative estimate of drug-likeness (QED) is 0.500. The molecule has 1 saturated heterocycles. The molecule has 1 amide bonds. The van der Waals surface area contributed by atoms with Crippen LogP contribution in [0.25, 0.3) is 12.2 Å². The third-order valence-corrected chi connectivity index (χ3v) is 8.11. The zero-order chi connectivity index (χ0) is 25.0. The predicted octanol–water partition coefficient (Wildman–Crippen LogP) is 4.03. The van der Waals surface area contributed by atoms with Gasteiger partial charge in [-0.05, 0) is 57.0 Å². The van der Waals surface area contributed by atoms with Crippen molar-refractivity contribution in [1.29, 1.82) is 0 Å². The molecule has 35 heavy (non-hydrogen) atoms.